The van der Waals surface area contributed by atoms with Crippen molar-refractivity contribution in [3.63, 3.8) is 0 Å². The van der Waals surface area contributed by atoms with Crippen LogP contribution in [0.2, 0.25) is 0 Å². The molecular weight excluding hydrogens is 226 g/mol. The first-order valence-electron chi connectivity index (χ1n) is 5.58. The molecule has 5 nitrogen and oxygen atoms in total. The Bertz CT molecular complexity index is 406. The van der Waals surface area contributed by atoms with Crippen molar-refractivity contribution >= 4 is 17.2 Å². The number of carbonyl (C=O) groups is 1. The first kappa shape index (κ1) is 11.3. The van der Waals surface area contributed by atoms with Gasteiger partial charge in [-0.1, -0.05) is 30.6 Å². The highest BCUT2D eigenvalue weighted by molar-refractivity contribution is 7.08. The molecule has 0 aromatic carbocycles. The van der Waals surface area contributed by atoms with Crippen LogP contribution in [0, 0.1) is 0 Å². The first-order chi connectivity index (χ1) is 7.74. The minimum atomic E-state index is -0.208. The van der Waals surface area contributed by atoms with E-state index in [1.165, 1.54) is 19.3 Å². The predicted octanol–water partition coefficient (Wildman–Crippen LogP) is 0.823. The third kappa shape index (κ3) is 3.16. The van der Waals surface area contributed by atoms with Crippen LogP contribution in [0.3, 0.4) is 0 Å². The molecule has 16 heavy (non-hydrogen) atoms. The maximum absolute atomic E-state index is 11.6. The number of amides is 1. The fourth-order valence-electron chi connectivity index (χ4n) is 2.00. The van der Waals surface area contributed by atoms with E-state index >= 15 is 0 Å². The number of hydrogen-bond donors (Lipinski definition) is 2. The Kier molecular flexibility index (Phi) is 3.71. The van der Waals surface area contributed by atoms with E-state index in [4.69, 9.17) is 0 Å². The second kappa shape index (κ2) is 5.25. The molecule has 1 aliphatic rings. The summed E-state index contributed by atoms with van der Waals surface area (Å²) in [6.07, 6.45) is 6.01. The van der Waals surface area contributed by atoms with E-state index in [-0.39, 0.29) is 17.2 Å². The SMILES string of the molecule is O=C(Cc1n[nH]c(=O)s1)NC1CCCCC1. The standard InChI is InChI=1S/C10H15N3O2S/c14-8(6-9-12-13-10(15)16-9)11-7-4-2-1-3-5-7/h7H,1-6H2,(H,11,14)(H,13,15). The molecule has 1 saturated carbocycles. The predicted molar refractivity (Wildman–Crippen MR) is 61.5 cm³/mol. The van der Waals surface area contributed by atoms with Gasteiger partial charge in [0.25, 0.3) is 0 Å². The molecule has 1 amide bonds. The average Bonchev–Trinajstić information content (AvgIpc) is 2.65. The molecule has 0 bridgehead atoms. The van der Waals surface area contributed by atoms with Crippen LogP contribution in [0.25, 0.3) is 0 Å². The number of nitrogens with one attached hydrogen (secondary N) is 2. The van der Waals surface area contributed by atoms with Crippen molar-refractivity contribution in [2.24, 2.45) is 0 Å². The Balaban J connectivity index is 1.81. The average molecular weight is 241 g/mol. The Labute approximate surface area is 97.3 Å². The van der Waals surface area contributed by atoms with E-state index in [0.29, 0.717) is 11.0 Å². The van der Waals surface area contributed by atoms with E-state index < -0.39 is 0 Å². The van der Waals surface area contributed by atoms with E-state index in [2.05, 4.69) is 15.5 Å². The molecule has 88 valence electrons. The molecule has 1 aliphatic carbocycles. The largest absolute Gasteiger partial charge is 0.353 e. The molecule has 6 heteroatoms. The van der Waals surface area contributed by atoms with Crippen LogP contribution in [0.5, 0.6) is 0 Å². The second-order valence-corrected chi connectivity index (χ2v) is 5.13. The highest BCUT2D eigenvalue weighted by Crippen LogP contribution is 2.17. The minimum Gasteiger partial charge on any atom is -0.353 e. The molecule has 0 spiro atoms. The van der Waals surface area contributed by atoms with Crippen LogP contribution in [0.15, 0.2) is 4.79 Å². The van der Waals surface area contributed by atoms with Crippen LogP contribution in [0.4, 0.5) is 0 Å². The van der Waals surface area contributed by atoms with Crippen molar-refractivity contribution in [2.75, 3.05) is 0 Å². The van der Waals surface area contributed by atoms with Gasteiger partial charge in [0, 0.05) is 6.04 Å². The quantitative estimate of drug-likeness (QED) is 0.822. The first-order valence-corrected chi connectivity index (χ1v) is 6.39. The zero-order chi connectivity index (χ0) is 11.4. The third-order valence-corrected chi connectivity index (χ3v) is 3.51. The summed E-state index contributed by atoms with van der Waals surface area (Å²) in [7, 11) is 0. The number of nitrogens with zero attached hydrogens (tertiary/aromatic N) is 1. The van der Waals surface area contributed by atoms with E-state index in [9.17, 15) is 9.59 Å². The van der Waals surface area contributed by atoms with E-state index in [0.717, 1.165) is 24.2 Å². The summed E-state index contributed by atoms with van der Waals surface area (Å²) in [5.41, 5.74) is 0. The van der Waals surface area contributed by atoms with Crippen molar-refractivity contribution in [1.82, 2.24) is 15.5 Å². The maximum Gasteiger partial charge on any atom is 0.322 e. The monoisotopic (exact) mass is 241 g/mol. The summed E-state index contributed by atoms with van der Waals surface area (Å²) < 4.78 is 0. The lowest BCUT2D eigenvalue weighted by Crippen LogP contribution is -2.37. The van der Waals surface area contributed by atoms with Crippen LogP contribution in [0.1, 0.15) is 37.1 Å². The summed E-state index contributed by atoms with van der Waals surface area (Å²) >= 11 is 0.995. The summed E-state index contributed by atoms with van der Waals surface area (Å²) in [5.74, 6) is -0.0327. The zero-order valence-electron chi connectivity index (χ0n) is 8.99. The lowest BCUT2D eigenvalue weighted by Gasteiger charge is -2.22. The second-order valence-electron chi connectivity index (χ2n) is 4.09. The molecule has 1 aromatic heterocycles. The van der Waals surface area contributed by atoms with Crippen LogP contribution in [-0.4, -0.2) is 22.1 Å². The Hall–Kier alpha value is -1.17. The van der Waals surface area contributed by atoms with Gasteiger partial charge in [-0.25, -0.2) is 5.10 Å². The van der Waals surface area contributed by atoms with Gasteiger partial charge < -0.3 is 5.32 Å². The van der Waals surface area contributed by atoms with Gasteiger partial charge in [-0.05, 0) is 12.8 Å². The number of H-pyrrole nitrogens is 1. The van der Waals surface area contributed by atoms with Crippen LogP contribution in [-0.2, 0) is 11.2 Å². The van der Waals surface area contributed by atoms with E-state index in [1.54, 1.807) is 0 Å². The van der Waals surface area contributed by atoms with Crippen molar-refractivity contribution < 1.29 is 4.79 Å². The van der Waals surface area contributed by atoms with Gasteiger partial charge in [0.1, 0.15) is 5.01 Å². The number of rotatable bonds is 3. The van der Waals surface area contributed by atoms with Crippen molar-refractivity contribution in [1.29, 1.82) is 0 Å². The van der Waals surface area contributed by atoms with Gasteiger partial charge >= 0.3 is 4.87 Å². The summed E-state index contributed by atoms with van der Waals surface area (Å²) in [5, 5.41) is 9.62. The van der Waals surface area contributed by atoms with Crippen molar-refractivity contribution in [3.05, 3.63) is 14.7 Å². The van der Waals surface area contributed by atoms with Crippen LogP contribution >= 0.6 is 11.3 Å². The molecule has 0 saturated heterocycles. The molecule has 2 N–H and O–H groups in total. The van der Waals surface area contributed by atoms with Gasteiger partial charge in [0.15, 0.2) is 0 Å². The highest BCUT2D eigenvalue weighted by Gasteiger charge is 2.16. The summed E-state index contributed by atoms with van der Waals surface area (Å²) in [6.45, 7) is 0. The number of aromatic amines is 1. The van der Waals surface area contributed by atoms with Crippen molar-refractivity contribution in [3.8, 4) is 0 Å². The van der Waals surface area contributed by atoms with Gasteiger partial charge in [0.05, 0.1) is 6.42 Å². The van der Waals surface area contributed by atoms with E-state index in [1.807, 2.05) is 0 Å². The molecule has 1 fully saturated rings. The lowest BCUT2D eigenvalue weighted by atomic mass is 9.95. The number of aromatic nitrogens is 2. The molecule has 0 radical (unpaired) electrons. The van der Waals surface area contributed by atoms with Gasteiger partial charge in [-0.2, -0.15) is 5.10 Å². The number of hydrogen-bond acceptors (Lipinski definition) is 4. The Morgan fingerprint density at radius 1 is 1.44 bits per heavy atom. The minimum absolute atomic E-state index is 0.0327. The number of carbonyl (C=O) groups excluding carboxylic acids is 1. The van der Waals surface area contributed by atoms with Crippen molar-refractivity contribution in [2.45, 2.75) is 44.6 Å². The normalized spacial score (nSPS) is 17.2. The molecule has 0 aliphatic heterocycles. The fourth-order valence-corrected chi connectivity index (χ4v) is 2.60. The van der Waals surface area contributed by atoms with Gasteiger partial charge in [-0.3, -0.25) is 9.59 Å². The topological polar surface area (TPSA) is 74.8 Å². The summed E-state index contributed by atoms with van der Waals surface area (Å²) in [6, 6.07) is 0.317. The summed E-state index contributed by atoms with van der Waals surface area (Å²) in [4.78, 5) is 22.3. The Morgan fingerprint density at radius 3 is 2.81 bits per heavy atom. The molecular formula is C10H15N3O2S. The highest BCUT2D eigenvalue weighted by atomic mass is 32.1. The Morgan fingerprint density at radius 2 is 2.19 bits per heavy atom. The molecule has 2 rings (SSSR count). The lowest BCUT2D eigenvalue weighted by molar-refractivity contribution is -0.121. The molecule has 1 heterocycles. The maximum atomic E-state index is 11.6. The molecule has 1 aromatic rings. The third-order valence-electron chi connectivity index (χ3n) is 2.76. The van der Waals surface area contributed by atoms with Gasteiger partial charge in [0.2, 0.25) is 5.91 Å². The van der Waals surface area contributed by atoms with Gasteiger partial charge in [-0.15, -0.1) is 0 Å². The smallest absolute Gasteiger partial charge is 0.322 e. The fraction of sp³-hybridized carbons (Fsp3) is 0.700. The molecule has 0 atom stereocenters. The molecule has 0 unspecified atom stereocenters. The zero-order valence-corrected chi connectivity index (χ0v) is 9.81. The van der Waals surface area contributed by atoms with Crippen LogP contribution < -0.4 is 10.2 Å².